The standard InChI is InChI=1S/C11H17NO2/c1-8-4-5-11(14-3)9(6-8)10(12)7-13-2/h4-6,10H,7,12H2,1-3H3. The quantitative estimate of drug-likeness (QED) is 0.794. The first-order valence-corrected chi connectivity index (χ1v) is 4.58. The Bertz CT molecular complexity index is 299. The summed E-state index contributed by atoms with van der Waals surface area (Å²) in [6, 6.07) is 5.83. The van der Waals surface area contributed by atoms with Gasteiger partial charge in [0.2, 0.25) is 0 Å². The summed E-state index contributed by atoms with van der Waals surface area (Å²) in [4.78, 5) is 0. The van der Waals surface area contributed by atoms with Crippen LogP contribution in [0.25, 0.3) is 0 Å². The second-order valence-corrected chi connectivity index (χ2v) is 3.31. The molecule has 1 rings (SSSR count). The van der Waals surface area contributed by atoms with Gasteiger partial charge in [0, 0.05) is 12.7 Å². The Balaban J connectivity index is 2.97. The minimum absolute atomic E-state index is 0.130. The largest absolute Gasteiger partial charge is 0.496 e. The minimum atomic E-state index is -0.130. The molecule has 0 fully saturated rings. The molecule has 0 saturated carbocycles. The minimum Gasteiger partial charge on any atom is -0.496 e. The van der Waals surface area contributed by atoms with Gasteiger partial charge in [0.05, 0.1) is 19.8 Å². The van der Waals surface area contributed by atoms with E-state index in [1.807, 2.05) is 25.1 Å². The van der Waals surface area contributed by atoms with Crippen LogP contribution >= 0.6 is 0 Å². The number of benzene rings is 1. The molecule has 0 amide bonds. The second kappa shape index (κ2) is 4.98. The fraction of sp³-hybridized carbons (Fsp3) is 0.455. The molecule has 78 valence electrons. The highest BCUT2D eigenvalue weighted by Crippen LogP contribution is 2.24. The first-order valence-electron chi connectivity index (χ1n) is 4.58. The van der Waals surface area contributed by atoms with E-state index in [1.165, 1.54) is 5.56 Å². The van der Waals surface area contributed by atoms with Gasteiger partial charge in [-0.3, -0.25) is 0 Å². The lowest BCUT2D eigenvalue weighted by Crippen LogP contribution is -2.17. The van der Waals surface area contributed by atoms with Gasteiger partial charge in [-0.05, 0) is 13.0 Å². The van der Waals surface area contributed by atoms with E-state index in [9.17, 15) is 0 Å². The molecule has 0 heterocycles. The highest BCUT2D eigenvalue weighted by atomic mass is 16.5. The smallest absolute Gasteiger partial charge is 0.123 e. The van der Waals surface area contributed by atoms with Crippen LogP contribution in [-0.4, -0.2) is 20.8 Å². The maximum atomic E-state index is 5.95. The molecule has 0 aromatic heterocycles. The van der Waals surface area contributed by atoms with Crippen molar-refractivity contribution in [3.8, 4) is 5.75 Å². The van der Waals surface area contributed by atoms with E-state index < -0.39 is 0 Å². The molecule has 1 aromatic carbocycles. The van der Waals surface area contributed by atoms with E-state index in [0.29, 0.717) is 6.61 Å². The lowest BCUT2D eigenvalue weighted by molar-refractivity contribution is 0.179. The third kappa shape index (κ3) is 2.47. The van der Waals surface area contributed by atoms with Crippen LogP contribution in [0, 0.1) is 6.92 Å². The van der Waals surface area contributed by atoms with E-state index in [1.54, 1.807) is 14.2 Å². The van der Waals surface area contributed by atoms with E-state index in [0.717, 1.165) is 11.3 Å². The lowest BCUT2D eigenvalue weighted by atomic mass is 10.0. The van der Waals surface area contributed by atoms with Crippen LogP contribution in [-0.2, 0) is 4.74 Å². The molecule has 0 aliphatic heterocycles. The summed E-state index contributed by atoms with van der Waals surface area (Å²) in [7, 11) is 3.29. The molecule has 0 spiro atoms. The molecular weight excluding hydrogens is 178 g/mol. The highest BCUT2D eigenvalue weighted by Gasteiger charge is 2.11. The monoisotopic (exact) mass is 195 g/mol. The third-order valence-corrected chi connectivity index (χ3v) is 2.13. The van der Waals surface area contributed by atoms with Crippen LogP contribution < -0.4 is 10.5 Å². The summed E-state index contributed by atoms with van der Waals surface area (Å²) in [6.07, 6.45) is 0. The van der Waals surface area contributed by atoms with Crippen molar-refractivity contribution < 1.29 is 9.47 Å². The van der Waals surface area contributed by atoms with Crippen LogP contribution in [0.3, 0.4) is 0 Å². The first-order chi connectivity index (χ1) is 6.69. The summed E-state index contributed by atoms with van der Waals surface area (Å²) in [5, 5.41) is 0. The number of hydrogen-bond donors (Lipinski definition) is 1. The molecule has 0 radical (unpaired) electrons. The predicted octanol–water partition coefficient (Wildman–Crippen LogP) is 1.65. The second-order valence-electron chi connectivity index (χ2n) is 3.31. The molecule has 0 saturated heterocycles. The normalized spacial score (nSPS) is 12.6. The average molecular weight is 195 g/mol. The van der Waals surface area contributed by atoms with Crippen molar-refractivity contribution >= 4 is 0 Å². The van der Waals surface area contributed by atoms with Crippen molar-refractivity contribution in [2.75, 3.05) is 20.8 Å². The Labute approximate surface area is 84.8 Å². The van der Waals surface area contributed by atoms with E-state index in [2.05, 4.69) is 0 Å². The molecule has 0 aliphatic rings. The molecule has 3 nitrogen and oxygen atoms in total. The maximum Gasteiger partial charge on any atom is 0.123 e. The molecular formula is C11H17NO2. The topological polar surface area (TPSA) is 44.5 Å². The molecule has 2 N–H and O–H groups in total. The molecule has 1 unspecified atom stereocenters. The van der Waals surface area contributed by atoms with Gasteiger partial charge in [-0.25, -0.2) is 0 Å². The number of methoxy groups -OCH3 is 2. The average Bonchev–Trinajstić information content (AvgIpc) is 2.18. The summed E-state index contributed by atoms with van der Waals surface area (Å²) in [5.41, 5.74) is 8.11. The maximum absolute atomic E-state index is 5.95. The van der Waals surface area contributed by atoms with Gasteiger partial charge in [-0.1, -0.05) is 17.7 Å². The number of aryl methyl sites for hydroxylation is 1. The van der Waals surface area contributed by atoms with Gasteiger partial charge in [0.1, 0.15) is 5.75 Å². The zero-order chi connectivity index (χ0) is 10.6. The Kier molecular flexibility index (Phi) is 3.92. The van der Waals surface area contributed by atoms with E-state index in [-0.39, 0.29) is 6.04 Å². The molecule has 0 bridgehead atoms. The van der Waals surface area contributed by atoms with Crippen molar-refractivity contribution in [2.45, 2.75) is 13.0 Å². The van der Waals surface area contributed by atoms with Crippen LogP contribution in [0.4, 0.5) is 0 Å². The van der Waals surface area contributed by atoms with Crippen LogP contribution in [0.2, 0.25) is 0 Å². The molecule has 1 aromatic rings. The fourth-order valence-corrected chi connectivity index (χ4v) is 1.41. The van der Waals surface area contributed by atoms with Crippen molar-refractivity contribution in [3.05, 3.63) is 29.3 Å². The number of hydrogen-bond acceptors (Lipinski definition) is 3. The van der Waals surface area contributed by atoms with Gasteiger partial charge in [0.25, 0.3) is 0 Å². The number of ether oxygens (including phenoxy) is 2. The molecule has 3 heteroatoms. The van der Waals surface area contributed by atoms with Gasteiger partial charge in [0.15, 0.2) is 0 Å². The molecule has 0 aliphatic carbocycles. The number of nitrogens with two attached hydrogens (primary N) is 1. The van der Waals surface area contributed by atoms with Crippen LogP contribution in [0.15, 0.2) is 18.2 Å². The summed E-state index contributed by atoms with van der Waals surface area (Å²) >= 11 is 0. The number of rotatable bonds is 4. The Morgan fingerprint density at radius 3 is 2.64 bits per heavy atom. The van der Waals surface area contributed by atoms with E-state index >= 15 is 0 Å². The van der Waals surface area contributed by atoms with Gasteiger partial charge in [-0.2, -0.15) is 0 Å². The fourth-order valence-electron chi connectivity index (χ4n) is 1.41. The Hall–Kier alpha value is -1.06. The zero-order valence-corrected chi connectivity index (χ0v) is 8.91. The highest BCUT2D eigenvalue weighted by molar-refractivity contribution is 5.39. The predicted molar refractivity (Wildman–Crippen MR) is 56.5 cm³/mol. The third-order valence-electron chi connectivity index (χ3n) is 2.13. The van der Waals surface area contributed by atoms with Crippen LogP contribution in [0.1, 0.15) is 17.2 Å². The first kappa shape index (κ1) is 11.0. The van der Waals surface area contributed by atoms with Gasteiger partial charge < -0.3 is 15.2 Å². The Morgan fingerprint density at radius 2 is 2.07 bits per heavy atom. The van der Waals surface area contributed by atoms with Gasteiger partial charge >= 0.3 is 0 Å². The molecule has 1 atom stereocenters. The van der Waals surface area contributed by atoms with Crippen molar-refractivity contribution in [3.63, 3.8) is 0 Å². The zero-order valence-electron chi connectivity index (χ0n) is 8.91. The molecule has 14 heavy (non-hydrogen) atoms. The van der Waals surface area contributed by atoms with Crippen LogP contribution in [0.5, 0.6) is 5.75 Å². The van der Waals surface area contributed by atoms with Crippen molar-refractivity contribution in [1.29, 1.82) is 0 Å². The summed E-state index contributed by atoms with van der Waals surface area (Å²) in [5.74, 6) is 0.820. The summed E-state index contributed by atoms with van der Waals surface area (Å²) < 4.78 is 10.2. The summed E-state index contributed by atoms with van der Waals surface area (Å²) in [6.45, 7) is 2.53. The van der Waals surface area contributed by atoms with Gasteiger partial charge in [-0.15, -0.1) is 0 Å². The van der Waals surface area contributed by atoms with E-state index in [4.69, 9.17) is 15.2 Å². The van der Waals surface area contributed by atoms with Crippen molar-refractivity contribution in [1.82, 2.24) is 0 Å². The Morgan fingerprint density at radius 1 is 1.36 bits per heavy atom. The lowest BCUT2D eigenvalue weighted by Gasteiger charge is -2.15. The van der Waals surface area contributed by atoms with Crippen molar-refractivity contribution in [2.24, 2.45) is 5.73 Å². The SMILES string of the molecule is COCC(N)c1cc(C)ccc1OC.